The fourth-order valence-electron chi connectivity index (χ4n) is 1.52. The standard InChI is InChI=1S/C13H12O5/c1-16-10-4-2-3-5-11(10)18-8-9-6-7-17-12(9)13(14)15/h2-7H,8H2,1H3,(H,14,15)/p-1. The maximum atomic E-state index is 10.7. The predicted molar refractivity (Wildman–Crippen MR) is 60.4 cm³/mol. The van der Waals surface area contributed by atoms with Gasteiger partial charge in [0.25, 0.3) is 0 Å². The summed E-state index contributed by atoms with van der Waals surface area (Å²) in [6.45, 7) is 0.0696. The summed E-state index contributed by atoms with van der Waals surface area (Å²) in [4.78, 5) is 10.7. The SMILES string of the molecule is COc1ccccc1OCc1ccoc1C(=O)[O-]. The Kier molecular flexibility index (Phi) is 3.52. The molecule has 0 amide bonds. The van der Waals surface area contributed by atoms with Gasteiger partial charge < -0.3 is 23.8 Å². The van der Waals surface area contributed by atoms with Crippen LogP contribution in [-0.2, 0) is 6.61 Å². The van der Waals surface area contributed by atoms with Crippen LogP contribution < -0.4 is 14.6 Å². The molecule has 1 aromatic heterocycles. The van der Waals surface area contributed by atoms with Crippen molar-refractivity contribution in [1.82, 2.24) is 0 Å². The first kappa shape index (κ1) is 12.0. The number of carbonyl (C=O) groups is 1. The van der Waals surface area contributed by atoms with E-state index in [0.29, 0.717) is 17.1 Å². The molecule has 0 fully saturated rings. The Labute approximate surface area is 104 Å². The smallest absolute Gasteiger partial charge is 0.161 e. The van der Waals surface area contributed by atoms with Crippen molar-refractivity contribution >= 4 is 5.97 Å². The molecule has 0 radical (unpaired) electrons. The zero-order valence-corrected chi connectivity index (χ0v) is 9.71. The minimum atomic E-state index is -1.36. The normalized spacial score (nSPS) is 10.1. The highest BCUT2D eigenvalue weighted by atomic mass is 16.5. The number of aromatic carboxylic acids is 1. The van der Waals surface area contributed by atoms with Gasteiger partial charge in [-0.1, -0.05) is 12.1 Å². The molecular formula is C13H11O5-. The maximum absolute atomic E-state index is 10.7. The molecule has 94 valence electrons. The zero-order valence-electron chi connectivity index (χ0n) is 9.71. The topological polar surface area (TPSA) is 71.7 Å². The summed E-state index contributed by atoms with van der Waals surface area (Å²) < 4.78 is 15.4. The van der Waals surface area contributed by atoms with Crippen molar-refractivity contribution in [3.05, 3.63) is 47.9 Å². The van der Waals surface area contributed by atoms with Crippen LogP contribution in [0.2, 0.25) is 0 Å². The molecule has 0 N–H and O–H groups in total. The Hall–Kier alpha value is -2.43. The number of furan rings is 1. The van der Waals surface area contributed by atoms with Crippen LogP contribution in [0.5, 0.6) is 11.5 Å². The van der Waals surface area contributed by atoms with Crippen molar-refractivity contribution in [3.63, 3.8) is 0 Å². The molecule has 5 heteroatoms. The third kappa shape index (κ3) is 2.45. The molecule has 0 aliphatic heterocycles. The van der Waals surface area contributed by atoms with Crippen LogP contribution in [0.15, 0.2) is 41.0 Å². The first-order valence-electron chi connectivity index (χ1n) is 5.26. The van der Waals surface area contributed by atoms with Crippen LogP contribution in [0.25, 0.3) is 0 Å². The van der Waals surface area contributed by atoms with Gasteiger partial charge in [-0.25, -0.2) is 0 Å². The number of carbonyl (C=O) groups excluding carboxylic acids is 1. The van der Waals surface area contributed by atoms with Gasteiger partial charge in [-0.15, -0.1) is 0 Å². The average Bonchev–Trinajstić information content (AvgIpc) is 2.85. The third-order valence-electron chi connectivity index (χ3n) is 2.38. The second-order valence-corrected chi connectivity index (χ2v) is 3.50. The van der Waals surface area contributed by atoms with Crippen molar-refractivity contribution in [2.45, 2.75) is 6.61 Å². The summed E-state index contributed by atoms with van der Waals surface area (Å²) in [6.07, 6.45) is 1.28. The Morgan fingerprint density at radius 3 is 2.67 bits per heavy atom. The van der Waals surface area contributed by atoms with E-state index in [2.05, 4.69) is 0 Å². The second-order valence-electron chi connectivity index (χ2n) is 3.50. The van der Waals surface area contributed by atoms with E-state index < -0.39 is 5.97 Å². The number of ether oxygens (including phenoxy) is 2. The quantitative estimate of drug-likeness (QED) is 0.794. The van der Waals surface area contributed by atoms with Gasteiger partial charge in [-0.3, -0.25) is 0 Å². The molecule has 18 heavy (non-hydrogen) atoms. The number of hydrogen-bond donors (Lipinski definition) is 0. The van der Waals surface area contributed by atoms with E-state index in [9.17, 15) is 9.90 Å². The van der Waals surface area contributed by atoms with Crippen LogP contribution in [0.4, 0.5) is 0 Å². The Morgan fingerprint density at radius 1 is 1.28 bits per heavy atom. The van der Waals surface area contributed by atoms with E-state index in [1.807, 2.05) is 6.07 Å². The lowest BCUT2D eigenvalue weighted by molar-refractivity contribution is -0.257. The minimum Gasteiger partial charge on any atom is -0.542 e. The molecule has 0 bridgehead atoms. The lowest BCUT2D eigenvalue weighted by Gasteiger charge is -2.10. The van der Waals surface area contributed by atoms with Crippen LogP contribution in [-0.4, -0.2) is 13.1 Å². The first-order valence-corrected chi connectivity index (χ1v) is 5.26. The van der Waals surface area contributed by atoms with Gasteiger partial charge in [0.05, 0.1) is 13.4 Å². The molecule has 1 aromatic carbocycles. The molecule has 0 saturated carbocycles. The molecule has 0 aliphatic carbocycles. The Bertz CT molecular complexity index is 544. The molecule has 0 spiro atoms. The van der Waals surface area contributed by atoms with Crippen molar-refractivity contribution < 1.29 is 23.8 Å². The second kappa shape index (κ2) is 5.27. The molecule has 0 aliphatic rings. The molecular weight excluding hydrogens is 236 g/mol. The van der Waals surface area contributed by atoms with E-state index >= 15 is 0 Å². The first-order chi connectivity index (χ1) is 8.72. The summed E-state index contributed by atoms with van der Waals surface area (Å²) in [5.41, 5.74) is 0.418. The monoisotopic (exact) mass is 247 g/mol. The van der Waals surface area contributed by atoms with Gasteiger partial charge in [0.15, 0.2) is 17.3 Å². The fraction of sp³-hybridized carbons (Fsp3) is 0.154. The van der Waals surface area contributed by atoms with Crippen molar-refractivity contribution in [3.8, 4) is 11.5 Å². The molecule has 0 atom stereocenters. The van der Waals surface area contributed by atoms with Gasteiger partial charge in [-0.05, 0) is 18.2 Å². The zero-order chi connectivity index (χ0) is 13.0. The summed E-state index contributed by atoms with van der Waals surface area (Å²) in [5.74, 6) is -0.468. The van der Waals surface area contributed by atoms with Crippen LogP contribution in [0.1, 0.15) is 16.1 Å². The number of benzene rings is 1. The highest BCUT2D eigenvalue weighted by Gasteiger charge is 2.09. The molecule has 2 aromatic rings. The van der Waals surface area contributed by atoms with Gasteiger partial charge in [-0.2, -0.15) is 0 Å². The lowest BCUT2D eigenvalue weighted by Crippen LogP contribution is -2.23. The fourth-order valence-corrected chi connectivity index (χ4v) is 1.52. The summed E-state index contributed by atoms with van der Waals surface area (Å²) in [7, 11) is 1.53. The van der Waals surface area contributed by atoms with E-state index in [1.54, 1.807) is 18.2 Å². The van der Waals surface area contributed by atoms with Gasteiger partial charge in [0.1, 0.15) is 12.6 Å². The largest absolute Gasteiger partial charge is 0.542 e. The Balaban J connectivity index is 2.11. The van der Waals surface area contributed by atoms with Gasteiger partial charge in [0.2, 0.25) is 0 Å². The number of rotatable bonds is 5. The number of methoxy groups -OCH3 is 1. The number of carboxylic acid groups (broad SMARTS) is 1. The van der Waals surface area contributed by atoms with Gasteiger partial charge in [0, 0.05) is 5.56 Å². The highest BCUT2D eigenvalue weighted by molar-refractivity contribution is 5.84. The minimum absolute atomic E-state index is 0.0696. The lowest BCUT2D eigenvalue weighted by atomic mass is 10.2. The van der Waals surface area contributed by atoms with Crippen LogP contribution in [0.3, 0.4) is 0 Å². The molecule has 5 nitrogen and oxygen atoms in total. The Morgan fingerprint density at radius 2 is 2.00 bits per heavy atom. The maximum Gasteiger partial charge on any atom is 0.161 e. The summed E-state index contributed by atoms with van der Waals surface area (Å²) >= 11 is 0. The molecule has 0 saturated heterocycles. The van der Waals surface area contributed by atoms with E-state index in [4.69, 9.17) is 13.9 Å². The van der Waals surface area contributed by atoms with Crippen LogP contribution in [0, 0.1) is 0 Å². The van der Waals surface area contributed by atoms with E-state index in [1.165, 1.54) is 19.4 Å². The number of carboxylic acids is 1. The van der Waals surface area contributed by atoms with Gasteiger partial charge >= 0.3 is 0 Å². The van der Waals surface area contributed by atoms with Crippen molar-refractivity contribution in [2.24, 2.45) is 0 Å². The number of hydrogen-bond acceptors (Lipinski definition) is 5. The summed E-state index contributed by atoms with van der Waals surface area (Å²) in [5, 5.41) is 10.7. The number of para-hydroxylation sites is 2. The van der Waals surface area contributed by atoms with Crippen LogP contribution >= 0.6 is 0 Å². The predicted octanol–water partition coefficient (Wildman–Crippen LogP) is 1.23. The third-order valence-corrected chi connectivity index (χ3v) is 2.38. The van der Waals surface area contributed by atoms with E-state index in [-0.39, 0.29) is 12.4 Å². The van der Waals surface area contributed by atoms with Crippen molar-refractivity contribution in [1.29, 1.82) is 0 Å². The highest BCUT2D eigenvalue weighted by Crippen LogP contribution is 2.27. The molecule has 2 rings (SSSR count). The van der Waals surface area contributed by atoms with E-state index in [0.717, 1.165) is 0 Å². The van der Waals surface area contributed by atoms with Crippen molar-refractivity contribution in [2.75, 3.05) is 7.11 Å². The average molecular weight is 247 g/mol. The summed E-state index contributed by atoms with van der Waals surface area (Å²) in [6, 6.07) is 8.63. The molecule has 1 heterocycles. The molecule has 0 unspecified atom stereocenters.